The highest BCUT2D eigenvalue weighted by molar-refractivity contribution is 5.23. The fourth-order valence-corrected chi connectivity index (χ4v) is 2.68. The molecule has 2 rings (SSSR count). The summed E-state index contributed by atoms with van der Waals surface area (Å²) in [6.07, 6.45) is 22.7. The first kappa shape index (κ1) is 14.2. The van der Waals surface area contributed by atoms with Gasteiger partial charge in [-0.3, -0.25) is 0 Å². The van der Waals surface area contributed by atoms with Gasteiger partial charge < -0.3 is 4.74 Å². The van der Waals surface area contributed by atoms with E-state index in [1.165, 1.54) is 25.7 Å². The highest BCUT2D eigenvalue weighted by Gasteiger charge is 2.19. The van der Waals surface area contributed by atoms with E-state index in [2.05, 4.69) is 50.3 Å². The normalized spacial score (nSPS) is 20.8. The molecular weight excluding hydrogens is 232 g/mol. The van der Waals surface area contributed by atoms with Crippen LogP contribution in [0.2, 0.25) is 0 Å². The zero-order valence-electron chi connectivity index (χ0n) is 12.3. The van der Waals surface area contributed by atoms with Gasteiger partial charge in [0.1, 0.15) is 11.4 Å². The van der Waals surface area contributed by atoms with Gasteiger partial charge in [0.05, 0.1) is 0 Å². The second-order valence-electron chi connectivity index (χ2n) is 6.17. The Balaban J connectivity index is 1.83. The first-order valence-electron chi connectivity index (χ1n) is 7.55. The van der Waals surface area contributed by atoms with E-state index >= 15 is 0 Å². The van der Waals surface area contributed by atoms with E-state index < -0.39 is 0 Å². The van der Waals surface area contributed by atoms with Crippen LogP contribution in [0.25, 0.3) is 0 Å². The summed E-state index contributed by atoms with van der Waals surface area (Å²) in [6, 6.07) is 0. The predicted octanol–water partition coefficient (Wildman–Crippen LogP) is 5.32. The van der Waals surface area contributed by atoms with Crippen molar-refractivity contribution >= 4 is 0 Å². The lowest BCUT2D eigenvalue weighted by Gasteiger charge is -2.26. The van der Waals surface area contributed by atoms with E-state index in [1.807, 2.05) is 6.08 Å². The van der Waals surface area contributed by atoms with E-state index in [9.17, 15) is 0 Å². The van der Waals surface area contributed by atoms with Crippen LogP contribution >= 0.6 is 0 Å². The molecule has 0 saturated heterocycles. The molecule has 2 aliphatic carbocycles. The molecule has 0 amide bonds. The van der Waals surface area contributed by atoms with E-state index in [0.717, 1.165) is 24.5 Å². The van der Waals surface area contributed by atoms with Crippen molar-refractivity contribution in [1.29, 1.82) is 0 Å². The highest BCUT2D eigenvalue weighted by Crippen LogP contribution is 2.27. The summed E-state index contributed by atoms with van der Waals surface area (Å²) in [5, 5.41) is 0. The molecule has 0 aromatic rings. The Labute approximate surface area is 117 Å². The quantitative estimate of drug-likeness (QED) is 0.606. The van der Waals surface area contributed by atoms with Crippen LogP contribution in [0.4, 0.5) is 0 Å². The molecular formula is C18H26O. The maximum Gasteiger partial charge on any atom is 0.119 e. The molecule has 1 fully saturated rings. The number of hydrogen-bond donors (Lipinski definition) is 0. The summed E-state index contributed by atoms with van der Waals surface area (Å²) in [5.41, 5.74) is -0.135. The van der Waals surface area contributed by atoms with E-state index in [0.29, 0.717) is 0 Å². The van der Waals surface area contributed by atoms with Gasteiger partial charge in [-0.25, -0.2) is 0 Å². The van der Waals surface area contributed by atoms with Gasteiger partial charge in [0, 0.05) is 6.42 Å². The van der Waals surface area contributed by atoms with Crippen LogP contribution in [0, 0.1) is 5.92 Å². The molecule has 0 aliphatic heterocycles. The second kappa shape index (κ2) is 6.79. The average Bonchev–Trinajstić information content (AvgIpc) is 2.74. The van der Waals surface area contributed by atoms with Gasteiger partial charge in [-0.15, -0.1) is 0 Å². The molecule has 19 heavy (non-hydrogen) atoms. The molecule has 0 spiro atoms. The summed E-state index contributed by atoms with van der Waals surface area (Å²) in [6.45, 7) is 4.32. The molecule has 0 aromatic carbocycles. The lowest BCUT2D eigenvalue weighted by molar-refractivity contribution is 0.0449. The Morgan fingerprint density at radius 1 is 1.26 bits per heavy atom. The van der Waals surface area contributed by atoms with Crippen LogP contribution in [0.3, 0.4) is 0 Å². The van der Waals surface area contributed by atoms with Gasteiger partial charge in [-0.2, -0.15) is 0 Å². The summed E-state index contributed by atoms with van der Waals surface area (Å²) < 4.78 is 6.10. The largest absolute Gasteiger partial charge is 0.488 e. The topological polar surface area (TPSA) is 9.23 Å². The van der Waals surface area contributed by atoms with Crippen molar-refractivity contribution in [1.82, 2.24) is 0 Å². The van der Waals surface area contributed by atoms with Crippen LogP contribution in [-0.2, 0) is 4.74 Å². The molecule has 0 N–H and O–H groups in total. The van der Waals surface area contributed by atoms with Crippen LogP contribution in [-0.4, -0.2) is 5.60 Å². The highest BCUT2D eigenvalue weighted by atomic mass is 16.5. The molecule has 0 aromatic heterocycles. The van der Waals surface area contributed by atoms with E-state index in [-0.39, 0.29) is 5.60 Å². The van der Waals surface area contributed by atoms with Gasteiger partial charge >= 0.3 is 0 Å². The Bertz CT molecular complexity index is 390. The second-order valence-corrected chi connectivity index (χ2v) is 6.17. The van der Waals surface area contributed by atoms with Gasteiger partial charge in [-0.1, -0.05) is 43.2 Å². The Hall–Kier alpha value is -1.24. The van der Waals surface area contributed by atoms with Crippen LogP contribution in [0.5, 0.6) is 0 Å². The third kappa shape index (κ3) is 5.10. The van der Waals surface area contributed by atoms with Crippen molar-refractivity contribution in [3.8, 4) is 0 Å². The Morgan fingerprint density at radius 2 is 2.05 bits per heavy atom. The number of ether oxygens (including phenoxy) is 1. The first-order chi connectivity index (χ1) is 9.16. The standard InChI is InChI=1S/C18H26O/c1-18(2,15-9-12-16-10-7-8-11-16)19-17-13-5-3-4-6-14-17/h3,5-6,9,12-14,16H,4,7-8,10-11,15H2,1-2H3/b12-9+. The van der Waals surface area contributed by atoms with Crippen molar-refractivity contribution < 1.29 is 4.74 Å². The molecule has 0 heterocycles. The lowest BCUT2D eigenvalue weighted by Crippen LogP contribution is -2.22. The summed E-state index contributed by atoms with van der Waals surface area (Å²) in [4.78, 5) is 0. The maximum atomic E-state index is 6.10. The fraction of sp³-hybridized carbons (Fsp3) is 0.556. The minimum atomic E-state index is -0.135. The zero-order chi connectivity index (χ0) is 13.6. The van der Waals surface area contributed by atoms with E-state index in [1.54, 1.807) is 0 Å². The number of allylic oxidation sites excluding steroid dienone is 6. The molecule has 1 nitrogen and oxygen atoms in total. The molecule has 1 saturated carbocycles. The molecule has 0 atom stereocenters. The average molecular weight is 258 g/mol. The number of rotatable bonds is 5. The third-order valence-corrected chi connectivity index (χ3v) is 3.76. The third-order valence-electron chi connectivity index (χ3n) is 3.76. The molecule has 0 radical (unpaired) electrons. The maximum absolute atomic E-state index is 6.10. The van der Waals surface area contributed by atoms with Crippen molar-refractivity contribution in [2.24, 2.45) is 5.92 Å². The van der Waals surface area contributed by atoms with Crippen molar-refractivity contribution in [2.45, 2.75) is 58.0 Å². The van der Waals surface area contributed by atoms with Crippen LogP contribution in [0.1, 0.15) is 52.4 Å². The summed E-state index contributed by atoms with van der Waals surface area (Å²) in [5.74, 6) is 1.78. The van der Waals surface area contributed by atoms with Crippen molar-refractivity contribution in [3.05, 3.63) is 48.3 Å². The zero-order valence-corrected chi connectivity index (χ0v) is 12.3. The van der Waals surface area contributed by atoms with Gasteiger partial charge in [0.15, 0.2) is 0 Å². The summed E-state index contributed by atoms with van der Waals surface area (Å²) in [7, 11) is 0. The van der Waals surface area contributed by atoms with E-state index in [4.69, 9.17) is 4.74 Å². The smallest absolute Gasteiger partial charge is 0.119 e. The first-order valence-corrected chi connectivity index (χ1v) is 7.55. The fourth-order valence-electron chi connectivity index (χ4n) is 2.68. The van der Waals surface area contributed by atoms with Crippen LogP contribution in [0.15, 0.2) is 48.3 Å². The van der Waals surface area contributed by atoms with Crippen molar-refractivity contribution in [3.63, 3.8) is 0 Å². The van der Waals surface area contributed by atoms with Gasteiger partial charge in [-0.05, 0) is 51.2 Å². The Morgan fingerprint density at radius 3 is 2.84 bits per heavy atom. The SMILES string of the molecule is CC(C)(C/C=C/C1CCCC1)OC1=CC=CCC=C1. The van der Waals surface area contributed by atoms with Gasteiger partial charge in [0.2, 0.25) is 0 Å². The van der Waals surface area contributed by atoms with Crippen molar-refractivity contribution in [2.75, 3.05) is 0 Å². The lowest BCUT2D eigenvalue weighted by atomic mass is 10.0. The molecule has 0 bridgehead atoms. The monoisotopic (exact) mass is 258 g/mol. The van der Waals surface area contributed by atoms with Gasteiger partial charge in [0.25, 0.3) is 0 Å². The minimum absolute atomic E-state index is 0.135. The molecule has 0 unspecified atom stereocenters. The molecule has 104 valence electrons. The molecule has 2 aliphatic rings. The summed E-state index contributed by atoms with van der Waals surface area (Å²) >= 11 is 0. The number of hydrogen-bond acceptors (Lipinski definition) is 1. The Kier molecular flexibility index (Phi) is 5.07. The predicted molar refractivity (Wildman–Crippen MR) is 81.9 cm³/mol. The molecule has 1 heteroatoms. The minimum Gasteiger partial charge on any atom is -0.488 e. The van der Waals surface area contributed by atoms with Crippen LogP contribution < -0.4 is 0 Å².